The molecule has 23 heavy (non-hydrogen) atoms. The van der Waals surface area contributed by atoms with Crippen molar-refractivity contribution in [2.24, 2.45) is 0 Å². The first-order valence-electron chi connectivity index (χ1n) is 7.34. The maximum absolute atomic E-state index is 12.0. The number of nitrogens with zero attached hydrogens (tertiary/aromatic N) is 1. The number of para-hydroxylation sites is 1. The number of carbonyl (C=O) groups excluding carboxylic acids is 2. The summed E-state index contributed by atoms with van der Waals surface area (Å²) in [6.45, 7) is 5.90. The average molecular weight is 331 g/mol. The number of fused-ring (bicyclic) bond motifs is 1. The van der Waals surface area contributed by atoms with Crippen molar-refractivity contribution in [1.29, 1.82) is 0 Å². The molecule has 2 aliphatic heterocycles. The monoisotopic (exact) mass is 331 g/mol. The number of benzene rings is 1. The molecule has 1 fully saturated rings. The van der Waals surface area contributed by atoms with Crippen LogP contribution in [0.3, 0.4) is 0 Å². The number of cyclic esters (lactones) is 2. The van der Waals surface area contributed by atoms with Gasteiger partial charge < -0.3 is 14.4 Å². The third-order valence-corrected chi connectivity index (χ3v) is 4.59. The molecule has 0 radical (unpaired) electrons. The maximum atomic E-state index is 12.0. The molecular weight excluding hydrogens is 314 g/mol. The van der Waals surface area contributed by atoms with Crippen LogP contribution >= 0.6 is 11.8 Å². The molecule has 0 N–H and O–H groups in total. The Balaban J connectivity index is 1.88. The summed E-state index contributed by atoms with van der Waals surface area (Å²) in [5.41, 5.74) is 1.03. The summed E-state index contributed by atoms with van der Waals surface area (Å²) < 4.78 is 10.2. The van der Waals surface area contributed by atoms with Gasteiger partial charge in [0.2, 0.25) is 0 Å². The van der Waals surface area contributed by atoms with E-state index in [1.807, 2.05) is 24.3 Å². The molecule has 3 rings (SSSR count). The van der Waals surface area contributed by atoms with Crippen LogP contribution in [0.2, 0.25) is 0 Å². The number of carbonyl (C=O) groups is 2. The molecule has 2 heterocycles. The van der Waals surface area contributed by atoms with Crippen LogP contribution in [0.1, 0.15) is 20.8 Å². The summed E-state index contributed by atoms with van der Waals surface area (Å²) in [5, 5.41) is 0.951. The van der Waals surface area contributed by atoms with Gasteiger partial charge in [-0.3, -0.25) is 0 Å². The average Bonchev–Trinajstić information content (AvgIpc) is 2.82. The first-order valence-corrected chi connectivity index (χ1v) is 8.16. The smallest absolute Gasteiger partial charge is 0.348 e. The predicted octanol–water partition coefficient (Wildman–Crippen LogP) is 3.22. The zero-order chi connectivity index (χ0) is 16.6. The lowest BCUT2D eigenvalue weighted by Crippen LogP contribution is -2.41. The minimum atomic E-state index is -1.22. The van der Waals surface area contributed by atoms with E-state index in [0.717, 1.165) is 22.2 Å². The number of rotatable bonds is 2. The highest BCUT2D eigenvalue weighted by molar-refractivity contribution is 8.03. The van der Waals surface area contributed by atoms with Gasteiger partial charge in [0, 0.05) is 25.3 Å². The number of allylic oxidation sites excluding steroid dienone is 2. The third kappa shape index (κ3) is 2.99. The lowest BCUT2D eigenvalue weighted by atomic mass is 10.2. The Morgan fingerprint density at radius 1 is 1.13 bits per heavy atom. The van der Waals surface area contributed by atoms with Crippen LogP contribution in [-0.4, -0.2) is 24.3 Å². The summed E-state index contributed by atoms with van der Waals surface area (Å²) in [5.74, 6) is -2.54. The SMILES string of the molecule is CCN1/C(=C/C=C2C(=O)OC(C)(C)OC2=O)Sc2ccccc21. The number of hydrogen-bond donors (Lipinski definition) is 0. The number of ether oxygens (including phenoxy) is 2. The molecule has 2 aliphatic rings. The molecule has 0 aromatic heterocycles. The Kier molecular flexibility index (Phi) is 3.93. The minimum absolute atomic E-state index is 0.0931. The van der Waals surface area contributed by atoms with E-state index in [4.69, 9.17) is 9.47 Å². The second-order valence-corrected chi connectivity index (χ2v) is 6.64. The van der Waals surface area contributed by atoms with E-state index >= 15 is 0 Å². The van der Waals surface area contributed by atoms with E-state index in [-0.39, 0.29) is 5.57 Å². The van der Waals surface area contributed by atoms with E-state index in [9.17, 15) is 9.59 Å². The zero-order valence-corrected chi connectivity index (χ0v) is 14.0. The standard InChI is InChI=1S/C17H17NO4S/c1-4-18-12-7-5-6-8-13(12)23-14(18)10-9-11-15(19)21-17(2,3)22-16(11)20/h5-10H,4H2,1-3H3/b14-10-. The summed E-state index contributed by atoms with van der Waals surface area (Å²) in [6.07, 6.45) is 3.22. The fourth-order valence-corrected chi connectivity index (χ4v) is 3.58. The van der Waals surface area contributed by atoms with Crippen LogP contribution < -0.4 is 4.90 Å². The lowest BCUT2D eigenvalue weighted by Gasteiger charge is -2.29. The van der Waals surface area contributed by atoms with Crippen molar-refractivity contribution >= 4 is 29.4 Å². The molecular formula is C17H17NO4S. The number of hydrogen-bond acceptors (Lipinski definition) is 6. The quantitative estimate of drug-likeness (QED) is 0.471. The van der Waals surface area contributed by atoms with E-state index in [1.54, 1.807) is 17.8 Å². The van der Waals surface area contributed by atoms with Gasteiger partial charge >= 0.3 is 11.9 Å². The predicted molar refractivity (Wildman–Crippen MR) is 87.7 cm³/mol. The molecule has 0 aliphatic carbocycles. The Bertz CT molecular complexity index is 714. The summed E-state index contributed by atoms with van der Waals surface area (Å²) in [7, 11) is 0. The van der Waals surface area contributed by atoms with Crippen LogP contribution in [0.15, 0.2) is 51.9 Å². The van der Waals surface area contributed by atoms with Gasteiger partial charge in [-0.15, -0.1) is 0 Å². The molecule has 6 heteroatoms. The van der Waals surface area contributed by atoms with Gasteiger partial charge in [-0.25, -0.2) is 9.59 Å². The molecule has 0 amide bonds. The van der Waals surface area contributed by atoms with Gasteiger partial charge in [0.15, 0.2) is 0 Å². The second kappa shape index (κ2) is 5.77. The zero-order valence-electron chi connectivity index (χ0n) is 13.2. The number of esters is 2. The second-order valence-electron chi connectivity index (χ2n) is 5.58. The Labute approximate surface area is 138 Å². The van der Waals surface area contributed by atoms with Crippen LogP contribution in [-0.2, 0) is 19.1 Å². The molecule has 0 atom stereocenters. The Hall–Kier alpha value is -2.21. The van der Waals surface area contributed by atoms with Crippen molar-refractivity contribution < 1.29 is 19.1 Å². The van der Waals surface area contributed by atoms with Gasteiger partial charge in [-0.05, 0) is 31.2 Å². The molecule has 120 valence electrons. The topological polar surface area (TPSA) is 55.8 Å². The van der Waals surface area contributed by atoms with E-state index in [1.165, 1.54) is 19.9 Å². The Morgan fingerprint density at radius 3 is 2.43 bits per heavy atom. The van der Waals surface area contributed by atoms with E-state index in [0.29, 0.717) is 0 Å². The maximum Gasteiger partial charge on any atom is 0.348 e. The molecule has 0 spiro atoms. The van der Waals surface area contributed by atoms with Crippen molar-refractivity contribution in [2.45, 2.75) is 31.5 Å². The number of anilines is 1. The molecule has 0 bridgehead atoms. The van der Waals surface area contributed by atoms with Crippen LogP contribution in [0.5, 0.6) is 0 Å². The first-order chi connectivity index (χ1) is 10.9. The largest absolute Gasteiger partial charge is 0.419 e. The van der Waals surface area contributed by atoms with Crippen molar-refractivity contribution in [1.82, 2.24) is 0 Å². The van der Waals surface area contributed by atoms with Crippen LogP contribution in [0.25, 0.3) is 0 Å². The van der Waals surface area contributed by atoms with Crippen LogP contribution in [0.4, 0.5) is 5.69 Å². The van der Waals surface area contributed by atoms with Gasteiger partial charge in [0.1, 0.15) is 5.57 Å². The lowest BCUT2D eigenvalue weighted by molar-refractivity contribution is -0.222. The first kappa shape index (κ1) is 15.7. The van der Waals surface area contributed by atoms with Gasteiger partial charge in [-0.2, -0.15) is 0 Å². The van der Waals surface area contributed by atoms with Gasteiger partial charge in [0.25, 0.3) is 5.79 Å². The molecule has 0 saturated carbocycles. The van der Waals surface area contributed by atoms with Gasteiger partial charge in [-0.1, -0.05) is 23.9 Å². The fourth-order valence-electron chi connectivity index (χ4n) is 2.45. The highest BCUT2D eigenvalue weighted by Crippen LogP contribution is 2.45. The molecule has 0 unspecified atom stereocenters. The van der Waals surface area contributed by atoms with Crippen molar-refractivity contribution in [3.8, 4) is 0 Å². The minimum Gasteiger partial charge on any atom is -0.419 e. The van der Waals surface area contributed by atoms with Gasteiger partial charge in [0.05, 0.1) is 10.7 Å². The Morgan fingerprint density at radius 2 is 1.78 bits per heavy atom. The van der Waals surface area contributed by atoms with Crippen molar-refractivity contribution in [2.75, 3.05) is 11.4 Å². The van der Waals surface area contributed by atoms with E-state index < -0.39 is 17.7 Å². The molecule has 1 aromatic rings. The van der Waals surface area contributed by atoms with Crippen molar-refractivity contribution in [3.05, 3.63) is 47.0 Å². The highest BCUT2D eigenvalue weighted by Gasteiger charge is 2.38. The highest BCUT2D eigenvalue weighted by atomic mass is 32.2. The van der Waals surface area contributed by atoms with Crippen LogP contribution in [0, 0.1) is 0 Å². The number of thioether (sulfide) groups is 1. The summed E-state index contributed by atoms with van der Waals surface area (Å²) in [6, 6.07) is 8.06. The fraction of sp³-hybridized carbons (Fsp3) is 0.294. The normalized spacial score (nSPS) is 21.1. The van der Waals surface area contributed by atoms with Crippen molar-refractivity contribution in [3.63, 3.8) is 0 Å². The summed E-state index contributed by atoms with van der Waals surface area (Å²) in [4.78, 5) is 27.2. The van der Waals surface area contributed by atoms with E-state index in [2.05, 4.69) is 11.8 Å². The molecule has 1 saturated heterocycles. The molecule has 5 nitrogen and oxygen atoms in total. The third-order valence-electron chi connectivity index (χ3n) is 3.46. The molecule has 1 aromatic carbocycles. The summed E-state index contributed by atoms with van der Waals surface area (Å²) >= 11 is 1.60.